The van der Waals surface area contributed by atoms with E-state index in [4.69, 9.17) is 4.74 Å². The first-order valence-electron chi connectivity index (χ1n) is 7.38. The van der Waals surface area contributed by atoms with Crippen molar-refractivity contribution in [1.82, 2.24) is 4.90 Å². The summed E-state index contributed by atoms with van der Waals surface area (Å²) in [6.07, 6.45) is 3.01. The molecular formula is C16H19NO4. The number of carboxylic acids is 1. The van der Waals surface area contributed by atoms with E-state index in [1.54, 1.807) is 0 Å². The monoisotopic (exact) mass is 289 g/mol. The van der Waals surface area contributed by atoms with Crippen molar-refractivity contribution in [2.45, 2.75) is 44.4 Å². The van der Waals surface area contributed by atoms with Crippen LogP contribution in [0, 0.1) is 5.92 Å². The van der Waals surface area contributed by atoms with Crippen LogP contribution in [0.2, 0.25) is 0 Å². The van der Waals surface area contributed by atoms with Gasteiger partial charge in [-0.3, -0.25) is 4.90 Å². The SMILES string of the molecule is O=C(O)[C@H]1C[C@H]2CCC[C@H]2N1C(=O)OCc1ccccc1. The Labute approximate surface area is 123 Å². The lowest BCUT2D eigenvalue weighted by Gasteiger charge is -2.26. The first-order valence-corrected chi connectivity index (χ1v) is 7.38. The maximum absolute atomic E-state index is 12.3. The highest BCUT2D eigenvalue weighted by atomic mass is 16.6. The van der Waals surface area contributed by atoms with Crippen molar-refractivity contribution in [3.63, 3.8) is 0 Å². The van der Waals surface area contributed by atoms with Gasteiger partial charge in [0.2, 0.25) is 0 Å². The third kappa shape index (κ3) is 2.73. The van der Waals surface area contributed by atoms with Crippen molar-refractivity contribution in [3.05, 3.63) is 35.9 Å². The van der Waals surface area contributed by atoms with Crippen LogP contribution in [0.4, 0.5) is 4.79 Å². The molecule has 1 amide bonds. The molecule has 1 saturated carbocycles. The molecule has 0 bridgehead atoms. The number of aliphatic carboxylic acids is 1. The number of benzene rings is 1. The lowest BCUT2D eigenvalue weighted by molar-refractivity contribution is -0.142. The van der Waals surface area contributed by atoms with Crippen LogP contribution in [0.1, 0.15) is 31.2 Å². The Hall–Kier alpha value is -2.04. The molecule has 1 aliphatic heterocycles. The number of ether oxygens (including phenoxy) is 1. The van der Waals surface area contributed by atoms with Crippen molar-refractivity contribution in [1.29, 1.82) is 0 Å². The Bertz CT molecular complexity index is 530. The van der Waals surface area contributed by atoms with Crippen LogP contribution in [0.3, 0.4) is 0 Å². The minimum atomic E-state index is -0.930. The lowest BCUT2D eigenvalue weighted by atomic mass is 10.0. The number of nitrogens with zero attached hydrogens (tertiary/aromatic N) is 1. The molecular weight excluding hydrogens is 270 g/mol. The Morgan fingerprint density at radius 2 is 2.00 bits per heavy atom. The number of carbonyl (C=O) groups excluding carboxylic acids is 1. The molecule has 1 aromatic rings. The molecule has 1 heterocycles. The van der Waals surface area contributed by atoms with Crippen LogP contribution < -0.4 is 0 Å². The number of carboxylic acid groups (broad SMARTS) is 1. The molecule has 0 radical (unpaired) electrons. The van der Waals surface area contributed by atoms with Crippen LogP contribution >= 0.6 is 0 Å². The maximum atomic E-state index is 12.3. The minimum absolute atomic E-state index is 0.0365. The molecule has 1 N–H and O–H groups in total. The van der Waals surface area contributed by atoms with E-state index in [2.05, 4.69) is 0 Å². The quantitative estimate of drug-likeness (QED) is 0.929. The number of likely N-dealkylation sites (tertiary alicyclic amines) is 1. The summed E-state index contributed by atoms with van der Waals surface area (Å²) in [5, 5.41) is 9.32. The predicted molar refractivity (Wildman–Crippen MR) is 75.6 cm³/mol. The Morgan fingerprint density at radius 3 is 2.71 bits per heavy atom. The fourth-order valence-electron chi connectivity index (χ4n) is 3.57. The average Bonchev–Trinajstić information content (AvgIpc) is 3.06. The summed E-state index contributed by atoms with van der Waals surface area (Å²) in [7, 11) is 0. The fraction of sp³-hybridized carbons (Fsp3) is 0.500. The summed E-state index contributed by atoms with van der Waals surface area (Å²) >= 11 is 0. The van der Waals surface area contributed by atoms with Crippen LogP contribution in [0.15, 0.2) is 30.3 Å². The molecule has 2 aliphatic rings. The normalized spacial score (nSPS) is 27.4. The number of amides is 1. The number of hydrogen-bond acceptors (Lipinski definition) is 3. The summed E-state index contributed by atoms with van der Waals surface area (Å²) < 4.78 is 5.32. The van der Waals surface area contributed by atoms with Crippen molar-refractivity contribution in [2.24, 2.45) is 5.92 Å². The highest BCUT2D eigenvalue weighted by Crippen LogP contribution is 2.41. The van der Waals surface area contributed by atoms with E-state index < -0.39 is 18.1 Å². The van der Waals surface area contributed by atoms with Crippen LogP contribution in [0.5, 0.6) is 0 Å². The van der Waals surface area contributed by atoms with Crippen LogP contribution in [-0.4, -0.2) is 34.2 Å². The maximum Gasteiger partial charge on any atom is 0.411 e. The van der Waals surface area contributed by atoms with Gasteiger partial charge in [-0.25, -0.2) is 9.59 Å². The second-order valence-corrected chi connectivity index (χ2v) is 5.80. The number of fused-ring (bicyclic) bond motifs is 1. The molecule has 3 rings (SSSR count). The molecule has 112 valence electrons. The largest absolute Gasteiger partial charge is 0.480 e. The van der Waals surface area contributed by atoms with E-state index in [-0.39, 0.29) is 12.6 Å². The standard InChI is InChI=1S/C16H19NO4/c18-15(19)14-9-12-7-4-8-13(12)17(14)16(20)21-10-11-5-2-1-3-6-11/h1-3,5-6,12-14H,4,7-10H2,(H,18,19)/t12-,13-,14-/m1/s1. The zero-order valence-electron chi connectivity index (χ0n) is 11.8. The van der Waals surface area contributed by atoms with Gasteiger partial charge in [0.25, 0.3) is 0 Å². The number of carbonyl (C=O) groups is 2. The Balaban J connectivity index is 1.68. The molecule has 5 nitrogen and oxygen atoms in total. The molecule has 1 saturated heterocycles. The molecule has 0 aromatic heterocycles. The molecule has 1 aliphatic carbocycles. The fourth-order valence-corrected chi connectivity index (χ4v) is 3.57. The van der Waals surface area contributed by atoms with E-state index in [9.17, 15) is 14.7 Å². The molecule has 0 unspecified atom stereocenters. The van der Waals surface area contributed by atoms with Gasteiger partial charge in [-0.05, 0) is 30.7 Å². The molecule has 1 aromatic carbocycles. The van der Waals surface area contributed by atoms with E-state index in [1.807, 2.05) is 30.3 Å². The van der Waals surface area contributed by atoms with Gasteiger partial charge in [-0.1, -0.05) is 36.8 Å². The predicted octanol–water partition coefficient (Wildman–Crippen LogP) is 2.65. The van der Waals surface area contributed by atoms with Gasteiger partial charge in [0, 0.05) is 6.04 Å². The Kier molecular flexibility index (Phi) is 3.82. The first kappa shape index (κ1) is 13.9. The summed E-state index contributed by atoms with van der Waals surface area (Å²) in [6, 6.07) is 8.72. The van der Waals surface area contributed by atoms with Gasteiger partial charge in [0.1, 0.15) is 12.6 Å². The first-order chi connectivity index (χ1) is 10.2. The lowest BCUT2D eigenvalue weighted by Crippen LogP contribution is -2.45. The average molecular weight is 289 g/mol. The zero-order chi connectivity index (χ0) is 14.8. The number of hydrogen-bond donors (Lipinski definition) is 1. The summed E-state index contributed by atoms with van der Waals surface area (Å²) in [5.74, 6) is -0.614. The molecule has 0 spiro atoms. The van der Waals surface area contributed by atoms with E-state index in [0.29, 0.717) is 12.3 Å². The summed E-state index contributed by atoms with van der Waals surface area (Å²) in [6.45, 7) is 0.180. The van der Waals surface area contributed by atoms with Gasteiger partial charge in [0.05, 0.1) is 0 Å². The highest BCUT2D eigenvalue weighted by Gasteiger charge is 2.49. The van der Waals surface area contributed by atoms with Gasteiger partial charge < -0.3 is 9.84 Å². The van der Waals surface area contributed by atoms with Gasteiger partial charge in [-0.15, -0.1) is 0 Å². The van der Waals surface area contributed by atoms with Crippen molar-refractivity contribution in [2.75, 3.05) is 0 Å². The topological polar surface area (TPSA) is 66.8 Å². The van der Waals surface area contributed by atoms with E-state index >= 15 is 0 Å². The van der Waals surface area contributed by atoms with Gasteiger partial charge in [0.15, 0.2) is 0 Å². The third-order valence-electron chi connectivity index (χ3n) is 4.54. The highest BCUT2D eigenvalue weighted by molar-refractivity contribution is 5.81. The third-order valence-corrected chi connectivity index (χ3v) is 4.54. The molecule has 21 heavy (non-hydrogen) atoms. The second kappa shape index (κ2) is 5.76. The van der Waals surface area contributed by atoms with Crippen molar-refractivity contribution in [3.8, 4) is 0 Å². The zero-order valence-corrected chi connectivity index (χ0v) is 11.8. The van der Waals surface area contributed by atoms with Crippen LogP contribution in [0.25, 0.3) is 0 Å². The van der Waals surface area contributed by atoms with E-state index in [1.165, 1.54) is 4.90 Å². The van der Waals surface area contributed by atoms with E-state index in [0.717, 1.165) is 24.8 Å². The van der Waals surface area contributed by atoms with Crippen LogP contribution in [-0.2, 0) is 16.1 Å². The minimum Gasteiger partial charge on any atom is -0.480 e. The Morgan fingerprint density at radius 1 is 1.24 bits per heavy atom. The smallest absolute Gasteiger partial charge is 0.411 e. The van der Waals surface area contributed by atoms with Gasteiger partial charge in [-0.2, -0.15) is 0 Å². The number of rotatable bonds is 3. The summed E-state index contributed by atoms with van der Waals surface area (Å²) in [4.78, 5) is 25.2. The molecule has 2 fully saturated rings. The van der Waals surface area contributed by atoms with Crippen molar-refractivity contribution < 1.29 is 19.4 Å². The summed E-state index contributed by atoms with van der Waals surface area (Å²) in [5.41, 5.74) is 0.903. The molecule has 3 atom stereocenters. The molecule has 5 heteroatoms. The van der Waals surface area contributed by atoms with Gasteiger partial charge >= 0.3 is 12.1 Å². The second-order valence-electron chi connectivity index (χ2n) is 5.80. The van der Waals surface area contributed by atoms with Crippen molar-refractivity contribution >= 4 is 12.1 Å².